The molecule has 1 aromatic heterocycles. The molecule has 4 aromatic rings. The summed E-state index contributed by atoms with van der Waals surface area (Å²) in [5, 5.41) is 0. The zero-order valence-electron chi connectivity index (χ0n) is 13.2. The highest BCUT2D eigenvalue weighted by atomic mass is 16.3. The van der Waals surface area contributed by atoms with E-state index >= 15 is 0 Å². The van der Waals surface area contributed by atoms with Gasteiger partial charge in [0.1, 0.15) is 5.52 Å². The Morgan fingerprint density at radius 3 is 2.38 bits per heavy atom. The van der Waals surface area contributed by atoms with Crippen LogP contribution >= 0.6 is 0 Å². The number of hydrogen-bond acceptors (Lipinski definition) is 3. The van der Waals surface area contributed by atoms with Gasteiger partial charge in [0, 0.05) is 16.7 Å². The zero-order valence-corrected chi connectivity index (χ0v) is 13.2. The van der Waals surface area contributed by atoms with Gasteiger partial charge < -0.3 is 4.42 Å². The van der Waals surface area contributed by atoms with Crippen LogP contribution < -0.4 is 0 Å². The second kappa shape index (κ2) is 5.78. The minimum Gasteiger partial charge on any atom is -0.436 e. The quantitative estimate of drug-likeness (QED) is 0.498. The molecule has 0 aliphatic heterocycles. The Bertz CT molecular complexity index is 996. The molecule has 0 spiro atoms. The third kappa shape index (κ3) is 2.50. The normalized spacial score (nSPS) is 10.9. The average molecular weight is 313 g/mol. The predicted octanol–water partition coefficient (Wildman–Crippen LogP) is 5.03. The van der Waals surface area contributed by atoms with Crippen molar-refractivity contribution in [2.24, 2.45) is 0 Å². The van der Waals surface area contributed by atoms with E-state index in [2.05, 4.69) is 4.98 Å². The number of aromatic nitrogens is 1. The van der Waals surface area contributed by atoms with E-state index in [0.29, 0.717) is 28.2 Å². The number of carbonyl (C=O) groups excluding carboxylic acids is 1. The number of benzene rings is 3. The van der Waals surface area contributed by atoms with Gasteiger partial charge in [-0.2, -0.15) is 0 Å². The fourth-order valence-electron chi connectivity index (χ4n) is 2.72. The third-order valence-corrected chi connectivity index (χ3v) is 4.01. The monoisotopic (exact) mass is 313 g/mol. The van der Waals surface area contributed by atoms with E-state index in [4.69, 9.17) is 4.42 Å². The minimum atomic E-state index is -0.0344. The summed E-state index contributed by atoms with van der Waals surface area (Å²) in [4.78, 5) is 17.4. The maximum Gasteiger partial charge on any atom is 0.228 e. The Hall–Kier alpha value is -3.20. The smallest absolute Gasteiger partial charge is 0.228 e. The van der Waals surface area contributed by atoms with Crippen LogP contribution in [0.2, 0.25) is 0 Å². The van der Waals surface area contributed by atoms with E-state index in [1.54, 1.807) is 0 Å². The maximum atomic E-state index is 12.9. The highest BCUT2D eigenvalue weighted by Crippen LogP contribution is 2.28. The molecular weight excluding hydrogens is 298 g/mol. The zero-order chi connectivity index (χ0) is 16.5. The molecule has 0 radical (unpaired) electrons. The lowest BCUT2D eigenvalue weighted by molar-refractivity contribution is 0.103. The number of para-hydroxylation sites is 2. The highest BCUT2D eigenvalue weighted by Gasteiger charge is 2.18. The van der Waals surface area contributed by atoms with E-state index in [-0.39, 0.29) is 5.78 Å². The van der Waals surface area contributed by atoms with Crippen LogP contribution in [0.3, 0.4) is 0 Å². The first kappa shape index (κ1) is 14.4. The molecule has 0 atom stereocenters. The Morgan fingerprint density at radius 2 is 1.58 bits per heavy atom. The lowest BCUT2D eigenvalue weighted by Gasteiger charge is -2.06. The van der Waals surface area contributed by atoms with Crippen molar-refractivity contribution < 1.29 is 9.21 Å². The van der Waals surface area contributed by atoms with Crippen molar-refractivity contribution in [2.75, 3.05) is 0 Å². The molecule has 0 unspecified atom stereocenters. The van der Waals surface area contributed by atoms with Crippen LogP contribution in [0.4, 0.5) is 0 Å². The Labute approximate surface area is 139 Å². The first-order valence-electron chi connectivity index (χ1n) is 7.79. The molecule has 0 N–H and O–H groups in total. The molecule has 0 bridgehead atoms. The van der Waals surface area contributed by atoms with Gasteiger partial charge in [-0.15, -0.1) is 0 Å². The fraction of sp³-hybridized carbons (Fsp3) is 0.0476. The Morgan fingerprint density at radius 1 is 0.875 bits per heavy atom. The largest absolute Gasteiger partial charge is 0.436 e. The summed E-state index contributed by atoms with van der Waals surface area (Å²) in [6, 6.07) is 22.6. The number of rotatable bonds is 3. The van der Waals surface area contributed by atoms with E-state index in [1.165, 1.54) is 0 Å². The Balaban J connectivity index is 1.83. The maximum absolute atomic E-state index is 12.9. The number of carbonyl (C=O) groups is 1. The number of oxazole rings is 1. The molecule has 0 aliphatic carbocycles. The molecule has 0 amide bonds. The minimum absolute atomic E-state index is 0.0344. The average Bonchev–Trinajstić information content (AvgIpc) is 3.06. The van der Waals surface area contributed by atoms with Crippen molar-refractivity contribution in [3.8, 4) is 11.5 Å². The van der Waals surface area contributed by atoms with Gasteiger partial charge in [-0.3, -0.25) is 4.79 Å². The molecule has 1 heterocycles. The standard InChI is InChI=1S/C21H15NO2/c1-14-10-12-15(13-11-14)20(23)16-6-2-3-7-17(16)21-22-18-8-4-5-9-19(18)24-21/h2-13H,1H3. The number of hydrogen-bond donors (Lipinski definition) is 0. The van der Waals surface area contributed by atoms with Crippen LogP contribution in [0.25, 0.3) is 22.6 Å². The lowest BCUT2D eigenvalue weighted by Crippen LogP contribution is -2.03. The first-order chi connectivity index (χ1) is 11.7. The first-order valence-corrected chi connectivity index (χ1v) is 7.79. The fourth-order valence-corrected chi connectivity index (χ4v) is 2.72. The van der Waals surface area contributed by atoms with Gasteiger partial charge in [0.25, 0.3) is 0 Å². The molecule has 0 saturated heterocycles. The summed E-state index contributed by atoms with van der Waals surface area (Å²) in [7, 11) is 0. The summed E-state index contributed by atoms with van der Waals surface area (Å²) in [5.41, 5.74) is 4.57. The van der Waals surface area contributed by atoms with Gasteiger partial charge in [-0.05, 0) is 25.1 Å². The van der Waals surface area contributed by atoms with Crippen LogP contribution in [-0.2, 0) is 0 Å². The van der Waals surface area contributed by atoms with Crippen LogP contribution in [0, 0.1) is 6.92 Å². The number of aryl methyl sites for hydroxylation is 1. The Kier molecular flexibility index (Phi) is 3.47. The third-order valence-electron chi connectivity index (χ3n) is 4.01. The van der Waals surface area contributed by atoms with Gasteiger partial charge in [0.05, 0.1) is 0 Å². The summed E-state index contributed by atoms with van der Waals surface area (Å²) >= 11 is 0. The van der Waals surface area contributed by atoms with E-state index < -0.39 is 0 Å². The molecule has 3 heteroatoms. The van der Waals surface area contributed by atoms with Gasteiger partial charge in [0.2, 0.25) is 5.89 Å². The molecule has 0 saturated carbocycles. The number of nitrogens with zero attached hydrogens (tertiary/aromatic N) is 1. The lowest BCUT2D eigenvalue weighted by atomic mass is 9.98. The van der Waals surface area contributed by atoms with Crippen LogP contribution in [0.15, 0.2) is 77.2 Å². The second-order valence-electron chi connectivity index (χ2n) is 5.73. The van der Waals surface area contributed by atoms with E-state index in [1.807, 2.05) is 79.7 Å². The summed E-state index contributed by atoms with van der Waals surface area (Å²) < 4.78 is 5.84. The van der Waals surface area contributed by atoms with Gasteiger partial charge in [-0.1, -0.05) is 60.2 Å². The van der Waals surface area contributed by atoms with E-state index in [9.17, 15) is 4.79 Å². The van der Waals surface area contributed by atoms with Crippen molar-refractivity contribution in [2.45, 2.75) is 6.92 Å². The SMILES string of the molecule is Cc1ccc(C(=O)c2ccccc2-c2nc3ccccc3o2)cc1. The second-order valence-corrected chi connectivity index (χ2v) is 5.73. The van der Waals surface area contributed by atoms with Crippen molar-refractivity contribution >= 4 is 16.9 Å². The highest BCUT2D eigenvalue weighted by molar-refractivity contribution is 6.12. The van der Waals surface area contributed by atoms with Gasteiger partial charge >= 0.3 is 0 Å². The van der Waals surface area contributed by atoms with E-state index in [0.717, 1.165) is 11.1 Å². The topological polar surface area (TPSA) is 43.1 Å². The van der Waals surface area contributed by atoms with Gasteiger partial charge in [0.15, 0.2) is 11.4 Å². The van der Waals surface area contributed by atoms with Crippen LogP contribution in [0.1, 0.15) is 21.5 Å². The van der Waals surface area contributed by atoms with Crippen molar-refractivity contribution in [3.63, 3.8) is 0 Å². The molecule has 116 valence electrons. The van der Waals surface area contributed by atoms with Crippen molar-refractivity contribution in [1.82, 2.24) is 4.98 Å². The van der Waals surface area contributed by atoms with Crippen LogP contribution in [0.5, 0.6) is 0 Å². The number of ketones is 1. The molecule has 3 aromatic carbocycles. The predicted molar refractivity (Wildman–Crippen MR) is 94.1 cm³/mol. The summed E-state index contributed by atoms with van der Waals surface area (Å²) in [6.07, 6.45) is 0. The summed E-state index contributed by atoms with van der Waals surface area (Å²) in [5.74, 6) is 0.431. The van der Waals surface area contributed by atoms with Crippen molar-refractivity contribution in [3.05, 3.63) is 89.5 Å². The number of fused-ring (bicyclic) bond motifs is 1. The van der Waals surface area contributed by atoms with Crippen LogP contribution in [-0.4, -0.2) is 10.8 Å². The molecule has 24 heavy (non-hydrogen) atoms. The summed E-state index contributed by atoms with van der Waals surface area (Å²) in [6.45, 7) is 2.00. The molecule has 0 fully saturated rings. The molecule has 3 nitrogen and oxygen atoms in total. The molecular formula is C21H15NO2. The molecule has 4 rings (SSSR count). The van der Waals surface area contributed by atoms with Crippen molar-refractivity contribution in [1.29, 1.82) is 0 Å². The van der Waals surface area contributed by atoms with Gasteiger partial charge in [-0.25, -0.2) is 4.98 Å². The molecule has 0 aliphatic rings.